The summed E-state index contributed by atoms with van der Waals surface area (Å²) in [6.45, 7) is 7.11. The lowest BCUT2D eigenvalue weighted by molar-refractivity contribution is -0.401. The average Bonchev–Trinajstić information content (AvgIpc) is 3.37. The molecule has 2 aromatic carbocycles. The summed E-state index contributed by atoms with van der Waals surface area (Å²) in [6.07, 6.45) is 3.48. The van der Waals surface area contributed by atoms with E-state index in [2.05, 4.69) is 116 Å². The normalized spacial score (nSPS) is 23.2. The van der Waals surface area contributed by atoms with E-state index in [4.69, 9.17) is 0 Å². The summed E-state index contributed by atoms with van der Waals surface area (Å²) in [4.78, 5) is 3.84. The lowest BCUT2D eigenvalue weighted by Gasteiger charge is -2.29. The van der Waals surface area contributed by atoms with Gasteiger partial charge in [0.25, 0.3) is 0 Å². The van der Waals surface area contributed by atoms with Crippen molar-refractivity contribution in [2.45, 2.75) is 38.0 Å². The Hall–Kier alpha value is -2.65. The largest absolute Gasteiger partial charge is 0.347 e. The van der Waals surface area contributed by atoms with Crippen LogP contribution in [0.15, 0.2) is 77.8 Å². The van der Waals surface area contributed by atoms with E-state index in [-0.39, 0.29) is 10.8 Å². The molecule has 0 radical (unpaired) electrons. The van der Waals surface area contributed by atoms with Gasteiger partial charge in [-0.25, -0.2) is 0 Å². The van der Waals surface area contributed by atoms with Crippen LogP contribution in [0.25, 0.3) is 0 Å². The zero-order chi connectivity index (χ0) is 21.1. The fourth-order valence-corrected chi connectivity index (χ4v) is 6.32. The van der Waals surface area contributed by atoms with E-state index in [9.17, 15) is 0 Å². The molecule has 0 amide bonds. The molecule has 0 saturated carbocycles. The van der Waals surface area contributed by atoms with Crippen LogP contribution in [0.4, 0.5) is 11.4 Å². The third-order valence-corrected chi connectivity index (χ3v) is 7.98. The molecule has 1 unspecified atom stereocenters. The van der Waals surface area contributed by atoms with Crippen LogP contribution in [0.5, 0.6) is 0 Å². The molecule has 0 bridgehead atoms. The van der Waals surface area contributed by atoms with Crippen molar-refractivity contribution in [2.75, 3.05) is 19.0 Å². The molecule has 0 N–H and O–H groups in total. The molecule has 2 aliphatic rings. The predicted octanol–water partition coefficient (Wildman–Crippen LogP) is 6.29. The standard InChI is InChI=1S/C27H29N2S/c1-26(2)20-12-6-8-14-22(20)28(4)24(26)17-25-27(3,18-19-11-10-16-30-19)21-13-7-9-15-23(21)29(25)5/h6-17H,18H2,1-5H3/q+1. The molecule has 3 heteroatoms. The minimum atomic E-state index is -0.0606. The molecule has 3 heterocycles. The van der Waals surface area contributed by atoms with Crippen molar-refractivity contribution in [3.8, 4) is 0 Å². The first-order valence-corrected chi connectivity index (χ1v) is 11.5. The Bertz CT molecular complexity index is 1180. The van der Waals surface area contributed by atoms with E-state index in [1.54, 1.807) is 0 Å². The monoisotopic (exact) mass is 413 g/mol. The zero-order valence-corrected chi connectivity index (χ0v) is 19.3. The van der Waals surface area contributed by atoms with Gasteiger partial charge >= 0.3 is 0 Å². The molecular weight excluding hydrogens is 384 g/mol. The first-order chi connectivity index (χ1) is 14.3. The van der Waals surface area contributed by atoms with Crippen LogP contribution in [0.3, 0.4) is 0 Å². The van der Waals surface area contributed by atoms with Gasteiger partial charge in [-0.2, -0.15) is 4.58 Å². The second-order valence-electron chi connectivity index (χ2n) is 9.28. The van der Waals surface area contributed by atoms with Gasteiger partial charge in [-0.15, -0.1) is 11.3 Å². The van der Waals surface area contributed by atoms with Crippen LogP contribution in [0.1, 0.15) is 36.8 Å². The van der Waals surface area contributed by atoms with Gasteiger partial charge in [-0.05, 0) is 50.3 Å². The molecule has 0 spiro atoms. The third kappa shape index (κ3) is 2.65. The van der Waals surface area contributed by atoms with Crippen LogP contribution in [-0.2, 0) is 17.3 Å². The highest BCUT2D eigenvalue weighted by atomic mass is 32.1. The van der Waals surface area contributed by atoms with Crippen molar-refractivity contribution in [3.63, 3.8) is 0 Å². The summed E-state index contributed by atoms with van der Waals surface area (Å²) in [5.41, 5.74) is 8.09. The summed E-state index contributed by atoms with van der Waals surface area (Å²) in [7, 11) is 4.43. The van der Waals surface area contributed by atoms with Crippen LogP contribution < -0.4 is 4.90 Å². The quantitative estimate of drug-likeness (QED) is 0.457. The van der Waals surface area contributed by atoms with Crippen molar-refractivity contribution in [1.82, 2.24) is 0 Å². The summed E-state index contributed by atoms with van der Waals surface area (Å²) in [5.74, 6) is 0. The van der Waals surface area contributed by atoms with Crippen LogP contribution in [-0.4, -0.2) is 24.4 Å². The Kier molecular flexibility index (Phi) is 4.30. The number of thiophene rings is 1. The Morgan fingerprint density at radius 1 is 0.933 bits per heavy atom. The average molecular weight is 414 g/mol. The van der Waals surface area contributed by atoms with E-state index in [1.165, 1.54) is 38.8 Å². The van der Waals surface area contributed by atoms with Gasteiger partial charge in [0, 0.05) is 46.4 Å². The number of rotatable bonds is 3. The van der Waals surface area contributed by atoms with Crippen molar-refractivity contribution in [1.29, 1.82) is 0 Å². The number of nitrogens with zero attached hydrogens (tertiary/aromatic N) is 2. The Labute approximate surface area is 183 Å². The van der Waals surface area contributed by atoms with E-state index in [1.807, 2.05) is 11.3 Å². The summed E-state index contributed by atoms with van der Waals surface area (Å²) < 4.78 is 2.38. The van der Waals surface area contributed by atoms with Gasteiger partial charge in [-0.1, -0.05) is 42.5 Å². The molecule has 1 aromatic heterocycles. The highest BCUT2D eigenvalue weighted by Crippen LogP contribution is 2.50. The second-order valence-corrected chi connectivity index (χ2v) is 10.3. The van der Waals surface area contributed by atoms with Crippen molar-refractivity contribution < 1.29 is 4.58 Å². The molecule has 1 atom stereocenters. The smallest absolute Gasteiger partial charge is 0.209 e. The molecular formula is C27H29N2S+. The predicted molar refractivity (Wildman–Crippen MR) is 129 cm³/mol. The first-order valence-electron chi connectivity index (χ1n) is 10.6. The van der Waals surface area contributed by atoms with E-state index in [0.29, 0.717) is 0 Å². The third-order valence-electron chi connectivity index (χ3n) is 7.11. The molecule has 5 rings (SSSR count). The van der Waals surface area contributed by atoms with E-state index < -0.39 is 0 Å². The summed E-state index contributed by atoms with van der Waals surface area (Å²) in [6, 6.07) is 22.1. The van der Waals surface area contributed by atoms with Gasteiger partial charge in [0.05, 0.1) is 5.41 Å². The first kappa shape index (κ1) is 19.3. The van der Waals surface area contributed by atoms with Gasteiger partial charge in [0.1, 0.15) is 7.05 Å². The zero-order valence-electron chi connectivity index (χ0n) is 18.4. The number of para-hydroxylation sites is 2. The van der Waals surface area contributed by atoms with Crippen molar-refractivity contribution in [3.05, 3.63) is 93.8 Å². The molecule has 0 fully saturated rings. The van der Waals surface area contributed by atoms with Crippen LogP contribution in [0, 0.1) is 0 Å². The Morgan fingerprint density at radius 2 is 1.63 bits per heavy atom. The summed E-state index contributed by atoms with van der Waals surface area (Å²) >= 11 is 1.86. The van der Waals surface area contributed by atoms with Gasteiger partial charge in [0.15, 0.2) is 5.71 Å². The maximum Gasteiger partial charge on any atom is 0.209 e. The Balaban J connectivity index is 1.70. The molecule has 3 aromatic rings. The molecule has 0 aliphatic carbocycles. The van der Waals surface area contributed by atoms with Crippen molar-refractivity contribution in [2.24, 2.45) is 0 Å². The highest BCUT2D eigenvalue weighted by Gasteiger charge is 2.47. The fraction of sp³-hybridized carbons (Fsp3) is 0.296. The van der Waals surface area contributed by atoms with Gasteiger partial charge in [-0.3, -0.25) is 0 Å². The number of benzene rings is 2. The second kappa shape index (κ2) is 6.68. The fourth-order valence-electron chi connectivity index (χ4n) is 5.46. The molecule has 152 valence electrons. The summed E-state index contributed by atoms with van der Waals surface area (Å²) in [5, 5.41) is 2.19. The highest BCUT2D eigenvalue weighted by molar-refractivity contribution is 7.09. The van der Waals surface area contributed by atoms with Gasteiger partial charge < -0.3 is 4.90 Å². The number of likely N-dealkylation sites (N-methyl/N-ethyl adjacent to an activating group) is 1. The maximum atomic E-state index is 2.47. The topological polar surface area (TPSA) is 6.25 Å². The molecule has 30 heavy (non-hydrogen) atoms. The number of allylic oxidation sites excluding steroid dienone is 2. The molecule has 2 aliphatic heterocycles. The minimum Gasteiger partial charge on any atom is -0.347 e. The van der Waals surface area contributed by atoms with E-state index >= 15 is 0 Å². The Morgan fingerprint density at radius 3 is 2.33 bits per heavy atom. The van der Waals surface area contributed by atoms with E-state index in [0.717, 1.165) is 6.42 Å². The van der Waals surface area contributed by atoms with Crippen molar-refractivity contribution >= 4 is 28.4 Å². The van der Waals surface area contributed by atoms with Gasteiger partial charge in [0.2, 0.25) is 5.69 Å². The molecule has 2 nitrogen and oxygen atoms in total. The lowest BCUT2D eigenvalue weighted by atomic mass is 9.75. The maximum absolute atomic E-state index is 2.47. The lowest BCUT2D eigenvalue weighted by Crippen LogP contribution is -2.33. The number of anilines is 1. The van der Waals surface area contributed by atoms with Crippen LogP contribution in [0.2, 0.25) is 0 Å². The minimum absolute atomic E-state index is 0.0300. The number of hydrogen-bond acceptors (Lipinski definition) is 2. The number of hydrogen-bond donors (Lipinski definition) is 0. The SMILES string of the molecule is CN1C(=CC2=[N+](C)c3ccccc3C2(C)C)C(C)(Cc2cccs2)c2ccccc21. The molecule has 0 saturated heterocycles. The number of fused-ring (bicyclic) bond motifs is 2. The van der Waals surface area contributed by atoms with Crippen LogP contribution >= 0.6 is 11.3 Å².